The van der Waals surface area contributed by atoms with Gasteiger partial charge in [0.15, 0.2) is 0 Å². The number of rotatable bonds is 4. The molecular formula is C18H24FNO7S. The van der Waals surface area contributed by atoms with Crippen molar-refractivity contribution in [1.82, 2.24) is 4.31 Å². The van der Waals surface area contributed by atoms with Gasteiger partial charge in [-0.1, -0.05) is 0 Å². The van der Waals surface area contributed by atoms with Crippen LogP contribution in [0, 0.1) is 5.82 Å². The number of carbonyl (C=O) groups is 1. The van der Waals surface area contributed by atoms with Gasteiger partial charge in [-0.2, -0.15) is 4.31 Å². The smallest absolute Gasteiger partial charge is 0.308 e. The molecule has 2 heterocycles. The van der Waals surface area contributed by atoms with Crippen LogP contribution in [-0.2, 0) is 29.0 Å². The predicted octanol–water partition coefficient (Wildman–Crippen LogP) is 0.687. The summed E-state index contributed by atoms with van der Waals surface area (Å²) < 4.78 is 56.9. The number of fused-ring (bicyclic) bond motifs is 1. The van der Waals surface area contributed by atoms with Crippen LogP contribution in [0.1, 0.15) is 19.3 Å². The summed E-state index contributed by atoms with van der Waals surface area (Å²) in [5.41, 5.74) is 0. The predicted molar refractivity (Wildman–Crippen MR) is 95.4 cm³/mol. The van der Waals surface area contributed by atoms with Crippen LogP contribution in [0.4, 0.5) is 4.39 Å². The summed E-state index contributed by atoms with van der Waals surface area (Å²) in [6.45, 7) is -0.107. The Labute approximate surface area is 163 Å². The van der Waals surface area contributed by atoms with Crippen LogP contribution in [0.5, 0.6) is 0 Å². The highest BCUT2D eigenvalue weighted by Crippen LogP contribution is 2.31. The second kappa shape index (κ2) is 8.83. The Morgan fingerprint density at radius 2 is 2.00 bits per heavy atom. The Balaban J connectivity index is 1.86. The number of aliphatic hydroxyl groups excluding tert-OH is 1. The molecule has 10 heteroatoms. The molecule has 1 N–H and O–H groups in total. The Kier molecular flexibility index (Phi) is 6.66. The van der Waals surface area contributed by atoms with E-state index in [0.717, 1.165) is 12.1 Å². The summed E-state index contributed by atoms with van der Waals surface area (Å²) in [7, 11) is -2.69. The van der Waals surface area contributed by atoms with Crippen molar-refractivity contribution in [3.05, 3.63) is 30.1 Å². The Morgan fingerprint density at radius 1 is 1.29 bits per heavy atom. The van der Waals surface area contributed by atoms with Crippen molar-refractivity contribution in [3.63, 3.8) is 0 Å². The van der Waals surface area contributed by atoms with Gasteiger partial charge in [0, 0.05) is 6.54 Å². The van der Waals surface area contributed by atoms with Crippen LogP contribution in [-0.4, -0.2) is 75.0 Å². The molecule has 0 unspecified atom stereocenters. The average molecular weight is 417 g/mol. The average Bonchev–Trinajstić information content (AvgIpc) is 2.65. The van der Waals surface area contributed by atoms with E-state index in [2.05, 4.69) is 4.74 Å². The number of esters is 1. The quantitative estimate of drug-likeness (QED) is 0.719. The van der Waals surface area contributed by atoms with Gasteiger partial charge in [0.1, 0.15) is 5.82 Å². The summed E-state index contributed by atoms with van der Waals surface area (Å²) in [6, 6.07) is 3.99. The number of carbonyl (C=O) groups excluding carboxylic acids is 1. The van der Waals surface area contributed by atoms with E-state index in [-0.39, 0.29) is 31.1 Å². The molecule has 156 valence electrons. The summed E-state index contributed by atoms with van der Waals surface area (Å²) in [5, 5.41) is 10.1. The highest BCUT2D eigenvalue weighted by atomic mass is 32.2. The van der Waals surface area contributed by atoms with Gasteiger partial charge in [-0.15, -0.1) is 0 Å². The third-order valence-electron chi connectivity index (χ3n) is 4.98. The topological polar surface area (TPSA) is 102 Å². The molecule has 4 atom stereocenters. The second-order valence-corrected chi connectivity index (χ2v) is 8.83. The van der Waals surface area contributed by atoms with Crippen molar-refractivity contribution in [2.45, 2.75) is 48.5 Å². The fraction of sp³-hybridized carbons (Fsp3) is 0.611. The molecule has 0 saturated carbocycles. The van der Waals surface area contributed by atoms with E-state index in [1.165, 1.54) is 23.5 Å². The molecule has 1 aromatic rings. The first-order valence-electron chi connectivity index (χ1n) is 9.06. The lowest BCUT2D eigenvalue weighted by atomic mass is 9.96. The monoisotopic (exact) mass is 417 g/mol. The molecular weight excluding hydrogens is 393 g/mol. The molecule has 2 aliphatic rings. The first kappa shape index (κ1) is 21.1. The summed E-state index contributed by atoms with van der Waals surface area (Å²) >= 11 is 0. The fourth-order valence-electron chi connectivity index (χ4n) is 3.58. The number of ether oxygens (including phenoxy) is 3. The molecule has 1 aromatic carbocycles. The number of sulfonamides is 1. The molecule has 28 heavy (non-hydrogen) atoms. The van der Waals surface area contributed by atoms with Crippen LogP contribution in [0.15, 0.2) is 29.2 Å². The number of β-amino-alcohol motifs (C(OH)–C–C–N with tert-alkyl or cyclic N) is 1. The maximum absolute atomic E-state index is 13.2. The normalized spacial score (nSPS) is 29.4. The van der Waals surface area contributed by atoms with E-state index < -0.39 is 46.2 Å². The maximum atomic E-state index is 13.2. The van der Waals surface area contributed by atoms with Crippen molar-refractivity contribution < 1.29 is 36.9 Å². The Bertz CT molecular complexity index is 786. The summed E-state index contributed by atoms with van der Waals surface area (Å²) in [6.07, 6.45) is -1.01. The molecule has 0 aromatic heterocycles. The van der Waals surface area contributed by atoms with Crippen molar-refractivity contribution in [1.29, 1.82) is 0 Å². The van der Waals surface area contributed by atoms with E-state index in [1.54, 1.807) is 0 Å². The largest absolute Gasteiger partial charge is 0.469 e. The number of hydrogen-bond donors (Lipinski definition) is 1. The number of aliphatic hydroxyl groups is 1. The number of halogens is 1. The zero-order chi connectivity index (χ0) is 20.3. The van der Waals surface area contributed by atoms with Crippen LogP contribution < -0.4 is 0 Å². The SMILES string of the molecule is COC(=O)C[C@H]1CC[C@@H]2[C@H](COC[C@H](O)CN2S(=O)(=O)c2ccc(F)cc2)O1. The van der Waals surface area contributed by atoms with Crippen LogP contribution in [0.2, 0.25) is 0 Å². The van der Waals surface area contributed by atoms with E-state index in [1.807, 2.05) is 0 Å². The van der Waals surface area contributed by atoms with Gasteiger partial charge in [0.2, 0.25) is 10.0 Å². The van der Waals surface area contributed by atoms with Gasteiger partial charge in [-0.25, -0.2) is 12.8 Å². The van der Waals surface area contributed by atoms with E-state index in [9.17, 15) is 22.7 Å². The Morgan fingerprint density at radius 3 is 2.68 bits per heavy atom. The number of hydrogen-bond acceptors (Lipinski definition) is 7. The third kappa shape index (κ3) is 4.69. The molecule has 0 radical (unpaired) electrons. The lowest BCUT2D eigenvalue weighted by molar-refractivity contribution is -0.157. The van der Waals surface area contributed by atoms with Gasteiger partial charge in [-0.05, 0) is 37.1 Å². The van der Waals surface area contributed by atoms with Gasteiger partial charge in [0.05, 0.1) is 56.0 Å². The van der Waals surface area contributed by atoms with Gasteiger partial charge >= 0.3 is 5.97 Å². The van der Waals surface area contributed by atoms with E-state index in [4.69, 9.17) is 9.47 Å². The number of benzene rings is 1. The first-order chi connectivity index (χ1) is 13.3. The molecule has 3 rings (SSSR count). The summed E-state index contributed by atoms with van der Waals surface area (Å²) in [4.78, 5) is 11.5. The maximum Gasteiger partial charge on any atom is 0.308 e. The van der Waals surface area contributed by atoms with Gasteiger partial charge in [0.25, 0.3) is 0 Å². The van der Waals surface area contributed by atoms with Crippen molar-refractivity contribution in [2.75, 3.05) is 26.9 Å². The van der Waals surface area contributed by atoms with Crippen molar-refractivity contribution in [3.8, 4) is 0 Å². The highest BCUT2D eigenvalue weighted by Gasteiger charge is 2.43. The van der Waals surface area contributed by atoms with Crippen molar-refractivity contribution in [2.24, 2.45) is 0 Å². The van der Waals surface area contributed by atoms with Gasteiger partial charge in [-0.3, -0.25) is 4.79 Å². The second-order valence-electron chi connectivity index (χ2n) is 6.94. The molecule has 2 saturated heterocycles. The minimum atomic E-state index is -3.99. The molecule has 2 fully saturated rings. The van der Waals surface area contributed by atoms with E-state index >= 15 is 0 Å². The highest BCUT2D eigenvalue weighted by molar-refractivity contribution is 7.89. The zero-order valence-electron chi connectivity index (χ0n) is 15.5. The van der Waals surface area contributed by atoms with Gasteiger partial charge < -0.3 is 19.3 Å². The van der Waals surface area contributed by atoms with Crippen LogP contribution >= 0.6 is 0 Å². The lowest BCUT2D eigenvalue weighted by Gasteiger charge is -2.43. The third-order valence-corrected chi connectivity index (χ3v) is 6.88. The Hall–Kier alpha value is -1.59. The first-order valence-corrected chi connectivity index (χ1v) is 10.5. The standard InChI is InChI=1S/C18H24FNO7S/c1-25-18(22)8-14-4-7-16-17(27-14)11-26-10-13(21)9-20(16)28(23,24)15-5-2-12(19)3-6-15/h2-3,5-6,13-14,16-17,21H,4,7-11H2,1H3/t13-,14-,16-,17+/m1/s1. The van der Waals surface area contributed by atoms with Crippen LogP contribution in [0.3, 0.4) is 0 Å². The minimum Gasteiger partial charge on any atom is -0.469 e. The molecule has 2 aliphatic heterocycles. The molecule has 0 amide bonds. The molecule has 0 spiro atoms. The van der Waals surface area contributed by atoms with Crippen molar-refractivity contribution >= 4 is 16.0 Å². The molecule has 8 nitrogen and oxygen atoms in total. The van der Waals surface area contributed by atoms with Crippen LogP contribution in [0.25, 0.3) is 0 Å². The van der Waals surface area contributed by atoms with E-state index in [0.29, 0.717) is 12.8 Å². The lowest BCUT2D eigenvalue weighted by Crippen LogP contribution is -2.57. The number of methoxy groups -OCH3 is 1. The summed E-state index contributed by atoms with van der Waals surface area (Å²) in [5.74, 6) is -0.939. The minimum absolute atomic E-state index is 0.0380. The molecule has 0 bridgehead atoms. The molecule has 0 aliphatic carbocycles. The zero-order valence-corrected chi connectivity index (χ0v) is 16.3. The number of nitrogens with zero attached hydrogens (tertiary/aromatic N) is 1. The fourth-order valence-corrected chi connectivity index (χ4v) is 5.30.